The van der Waals surface area contributed by atoms with Crippen molar-refractivity contribution < 1.29 is 9.59 Å². The summed E-state index contributed by atoms with van der Waals surface area (Å²) < 4.78 is 0. The highest BCUT2D eigenvalue weighted by atomic mass is 16.1. The van der Waals surface area contributed by atoms with Crippen LogP contribution >= 0.6 is 0 Å². The van der Waals surface area contributed by atoms with Gasteiger partial charge in [0.1, 0.15) is 5.78 Å². The van der Waals surface area contributed by atoms with Gasteiger partial charge in [0.05, 0.1) is 0 Å². The molecule has 2 nitrogen and oxygen atoms in total. The summed E-state index contributed by atoms with van der Waals surface area (Å²) in [4.78, 5) is 24.9. The van der Waals surface area contributed by atoms with Crippen molar-refractivity contribution in [1.82, 2.24) is 0 Å². The Morgan fingerprint density at radius 1 is 1.14 bits per heavy atom. The van der Waals surface area contributed by atoms with Crippen LogP contribution in [-0.2, 0) is 9.59 Å². The van der Waals surface area contributed by atoms with Crippen LogP contribution < -0.4 is 0 Å². The molecule has 0 aromatic rings. The topological polar surface area (TPSA) is 34.1 Å². The molecule has 0 aliphatic heterocycles. The van der Waals surface area contributed by atoms with Crippen molar-refractivity contribution in [2.45, 2.75) is 92.4 Å². The number of rotatable bonds is 4. The summed E-state index contributed by atoms with van der Waals surface area (Å²) in [5.74, 6) is 4.15. The average molecular weight is 385 g/mol. The van der Waals surface area contributed by atoms with Crippen LogP contribution in [0.3, 0.4) is 0 Å². The third kappa shape index (κ3) is 3.05. The molecule has 28 heavy (non-hydrogen) atoms. The normalized spacial score (nSPS) is 46.2. The first-order valence-electron chi connectivity index (χ1n) is 11.9. The van der Waals surface area contributed by atoms with Crippen molar-refractivity contribution in [1.29, 1.82) is 0 Å². The lowest BCUT2D eigenvalue weighted by molar-refractivity contribution is -0.134. The largest absolute Gasteiger partial charge is 0.300 e. The summed E-state index contributed by atoms with van der Waals surface area (Å²) in [6, 6.07) is 0. The Hall–Kier alpha value is -0.920. The quantitative estimate of drug-likeness (QED) is 0.563. The molecule has 8 atom stereocenters. The van der Waals surface area contributed by atoms with Crippen LogP contribution in [0.15, 0.2) is 11.6 Å². The van der Waals surface area contributed by atoms with Crippen molar-refractivity contribution in [3.8, 4) is 0 Å². The van der Waals surface area contributed by atoms with Crippen molar-refractivity contribution >= 4 is 11.6 Å². The summed E-state index contributed by atoms with van der Waals surface area (Å²) >= 11 is 0. The smallest absolute Gasteiger partial charge is 0.159 e. The summed E-state index contributed by atoms with van der Waals surface area (Å²) in [6.45, 7) is 11.4. The first-order valence-corrected chi connectivity index (χ1v) is 11.9. The molecule has 0 saturated heterocycles. The number of carbonyl (C=O) groups excluding carboxylic acids is 2. The molecule has 4 aliphatic rings. The molecule has 0 aromatic carbocycles. The van der Waals surface area contributed by atoms with Crippen molar-refractivity contribution in [3.63, 3.8) is 0 Å². The van der Waals surface area contributed by atoms with Gasteiger partial charge >= 0.3 is 0 Å². The molecule has 0 aromatic heterocycles. The Balaban J connectivity index is 1.60. The maximum Gasteiger partial charge on any atom is 0.159 e. The molecule has 0 heterocycles. The van der Waals surface area contributed by atoms with E-state index < -0.39 is 0 Å². The van der Waals surface area contributed by atoms with Gasteiger partial charge in [-0.05, 0) is 105 Å². The number of carbonyl (C=O) groups is 2. The van der Waals surface area contributed by atoms with E-state index in [9.17, 15) is 9.59 Å². The molecular formula is C26H40O2. The number of fused-ring (bicyclic) bond motifs is 5. The maximum atomic E-state index is 13.4. The third-order valence-electron chi connectivity index (χ3n) is 9.90. The second-order valence-corrected chi connectivity index (χ2v) is 11.5. The van der Waals surface area contributed by atoms with Crippen LogP contribution in [0.5, 0.6) is 0 Å². The molecule has 0 spiro atoms. The summed E-state index contributed by atoms with van der Waals surface area (Å²) in [5.41, 5.74) is 2.03. The van der Waals surface area contributed by atoms with Crippen LogP contribution in [0.1, 0.15) is 92.4 Å². The highest BCUT2D eigenvalue weighted by Gasteiger charge is 2.61. The van der Waals surface area contributed by atoms with Crippen molar-refractivity contribution in [2.75, 3.05) is 0 Å². The molecule has 156 valence electrons. The van der Waals surface area contributed by atoms with E-state index in [2.05, 4.69) is 33.8 Å². The fourth-order valence-corrected chi connectivity index (χ4v) is 8.19. The Labute approximate surface area is 171 Å². The van der Waals surface area contributed by atoms with E-state index in [-0.39, 0.29) is 16.7 Å². The third-order valence-corrected chi connectivity index (χ3v) is 9.90. The molecule has 0 bridgehead atoms. The van der Waals surface area contributed by atoms with Gasteiger partial charge in [-0.1, -0.05) is 33.3 Å². The molecule has 0 amide bonds. The number of allylic oxidation sites excluding steroid dienone is 2. The van der Waals surface area contributed by atoms with Gasteiger partial charge in [0.2, 0.25) is 0 Å². The Morgan fingerprint density at radius 2 is 1.89 bits per heavy atom. The number of Topliss-reactive ketones (excluding diaryl/α,β-unsaturated/α-hetero) is 1. The fourth-order valence-electron chi connectivity index (χ4n) is 8.19. The summed E-state index contributed by atoms with van der Waals surface area (Å²) in [7, 11) is 0. The van der Waals surface area contributed by atoms with Gasteiger partial charge in [-0.2, -0.15) is 0 Å². The molecule has 3 fully saturated rings. The molecule has 3 saturated carbocycles. The molecular weight excluding hydrogens is 344 g/mol. The maximum absolute atomic E-state index is 13.4. The van der Waals surface area contributed by atoms with E-state index in [4.69, 9.17) is 0 Å². The van der Waals surface area contributed by atoms with Crippen LogP contribution in [0.4, 0.5) is 0 Å². The Morgan fingerprint density at radius 3 is 2.61 bits per heavy atom. The van der Waals surface area contributed by atoms with E-state index in [1.807, 2.05) is 0 Å². The number of ketones is 2. The first kappa shape index (κ1) is 20.4. The predicted molar refractivity (Wildman–Crippen MR) is 114 cm³/mol. The van der Waals surface area contributed by atoms with Crippen molar-refractivity contribution in [2.24, 2.45) is 46.3 Å². The monoisotopic (exact) mass is 384 g/mol. The molecule has 4 aliphatic carbocycles. The van der Waals surface area contributed by atoms with Crippen LogP contribution in [0, 0.1) is 46.3 Å². The standard InChI is InChI=1S/C26H40O2/c1-16-10-12-25(4)19(14-16)15-23(28)24-21-9-8-20(17(2)6-7-18(3)27)26(21,5)13-11-22(24)25/h15-17,20-22,24H,6-14H2,1-5H3/t16-,17-,20-,21?,22?,24?,25+,26-/m1/s1. The highest BCUT2D eigenvalue weighted by molar-refractivity contribution is 5.94. The minimum Gasteiger partial charge on any atom is -0.300 e. The number of hydrogen-bond acceptors (Lipinski definition) is 2. The van der Waals surface area contributed by atoms with E-state index in [0.717, 1.165) is 18.8 Å². The van der Waals surface area contributed by atoms with Crippen LogP contribution in [0.25, 0.3) is 0 Å². The van der Waals surface area contributed by atoms with Gasteiger partial charge in [0.15, 0.2) is 5.78 Å². The van der Waals surface area contributed by atoms with Gasteiger partial charge in [-0.25, -0.2) is 0 Å². The lowest BCUT2D eigenvalue weighted by Gasteiger charge is -2.57. The molecule has 3 unspecified atom stereocenters. The van der Waals surface area contributed by atoms with Crippen LogP contribution in [0.2, 0.25) is 0 Å². The second kappa shape index (κ2) is 7.10. The number of hydrogen-bond donors (Lipinski definition) is 0. The Bertz CT molecular complexity index is 691. The van der Waals surface area contributed by atoms with Gasteiger partial charge in [0.25, 0.3) is 0 Å². The summed E-state index contributed by atoms with van der Waals surface area (Å²) in [6.07, 6.45) is 12.5. The average Bonchev–Trinajstić information content (AvgIpc) is 2.98. The predicted octanol–water partition coefficient (Wildman–Crippen LogP) is 6.39. The molecule has 0 N–H and O–H groups in total. The zero-order valence-corrected chi connectivity index (χ0v) is 18.7. The fraction of sp³-hybridized carbons (Fsp3) is 0.846. The highest BCUT2D eigenvalue weighted by Crippen LogP contribution is 2.66. The van der Waals surface area contributed by atoms with E-state index in [1.54, 1.807) is 6.92 Å². The SMILES string of the molecule is CC(=O)CC[C@@H](C)[C@H]1CCC2C3C(=O)C=C4C[C@H](C)CC[C@]4(C)C3CC[C@@]21C. The van der Waals surface area contributed by atoms with Crippen LogP contribution in [-0.4, -0.2) is 11.6 Å². The molecule has 4 rings (SSSR count). The summed E-state index contributed by atoms with van der Waals surface area (Å²) in [5, 5.41) is 0. The van der Waals surface area contributed by atoms with Gasteiger partial charge in [-0.15, -0.1) is 0 Å². The van der Waals surface area contributed by atoms with Gasteiger partial charge < -0.3 is 4.79 Å². The van der Waals surface area contributed by atoms with E-state index in [1.165, 1.54) is 44.1 Å². The zero-order valence-electron chi connectivity index (χ0n) is 18.7. The van der Waals surface area contributed by atoms with Gasteiger partial charge in [0, 0.05) is 12.3 Å². The molecule has 2 heteroatoms. The van der Waals surface area contributed by atoms with E-state index in [0.29, 0.717) is 41.7 Å². The minimum atomic E-state index is 0.255. The zero-order chi connectivity index (χ0) is 20.3. The van der Waals surface area contributed by atoms with Gasteiger partial charge in [-0.3, -0.25) is 4.79 Å². The minimum absolute atomic E-state index is 0.255. The second-order valence-electron chi connectivity index (χ2n) is 11.5. The molecule has 0 radical (unpaired) electrons. The first-order chi connectivity index (χ1) is 13.2. The Kier molecular flexibility index (Phi) is 5.16. The van der Waals surface area contributed by atoms with E-state index >= 15 is 0 Å². The lowest BCUT2D eigenvalue weighted by atomic mass is 9.46. The lowest BCUT2D eigenvalue weighted by Crippen LogP contribution is -2.53. The van der Waals surface area contributed by atoms with Crippen molar-refractivity contribution in [3.05, 3.63) is 11.6 Å².